The van der Waals surface area contributed by atoms with Crippen molar-refractivity contribution < 1.29 is 0 Å². The number of rotatable bonds is 3. The van der Waals surface area contributed by atoms with Gasteiger partial charge in [0, 0.05) is 10.9 Å². The molecule has 0 aliphatic carbocycles. The second-order valence-electron chi connectivity index (χ2n) is 6.89. The Hall–Kier alpha value is -3.71. The number of pyridine rings is 1. The van der Waals surface area contributed by atoms with Gasteiger partial charge in [-0.3, -0.25) is 0 Å². The van der Waals surface area contributed by atoms with Crippen LogP contribution in [0.2, 0.25) is 0 Å². The first-order valence-corrected chi connectivity index (χ1v) is 9.49. The zero-order chi connectivity index (χ0) is 18.8. The second-order valence-corrected chi connectivity index (χ2v) is 6.89. The highest BCUT2D eigenvalue weighted by Crippen LogP contribution is 2.34. The summed E-state index contributed by atoms with van der Waals surface area (Å²) in [6, 6.07) is 40.2. The average molecular weight is 357 g/mol. The SMILES string of the molecule is c1ccc(-c2cc(-c3ccccc3)c3ccc(-c4ccccc4)nc3c2)cc1. The summed E-state index contributed by atoms with van der Waals surface area (Å²) in [4.78, 5) is 5.02. The van der Waals surface area contributed by atoms with Crippen LogP contribution in [0.3, 0.4) is 0 Å². The van der Waals surface area contributed by atoms with Crippen LogP contribution in [-0.4, -0.2) is 4.98 Å². The molecule has 0 aliphatic rings. The van der Waals surface area contributed by atoms with E-state index in [-0.39, 0.29) is 0 Å². The molecule has 4 aromatic carbocycles. The Labute approximate surface area is 165 Å². The molecule has 5 aromatic rings. The summed E-state index contributed by atoms with van der Waals surface area (Å²) in [6.07, 6.45) is 0. The van der Waals surface area contributed by atoms with Gasteiger partial charge in [0.2, 0.25) is 0 Å². The first kappa shape index (κ1) is 16.5. The van der Waals surface area contributed by atoms with Gasteiger partial charge >= 0.3 is 0 Å². The largest absolute Gasteiger partial charge is 0.248 e. The third-order valence-electron chi connectivity index (χ3n) is 5.07. The summed E-state index contributed by atoms with van der Waals surface area (Å²) in [5.74, 6) is 0. The van der Waals surface area contributed by atoms with Crippen LogP contribution in [-0.2, 0) is 0 Å². The molecule has 1 nitrogen and oxygen atoms in total. The van der Waals surface area contributed by atoms with Gasteiger partial charge in [0.25, 0.3) is 0 Å². The maximum Gasteiger partial charge on any atom is 0.0721 e. The number of aromatic nitrogens is 1. The van der Waals surface area contributed by atoms with Crippen molar-refractivity contribution in [2.45, 2.75) is 0 Å². The fraction of sp³-hybridized carbons (Fsp3) is 0. The van der Waals surface area contributed by atoms with Crippen molar-refractivity contribution in [2.24, 2.45) is 0 Å². The van der Waals surface area contributed by atoms with E-state index in [1.807, 2.05) is 6.07 Å². The topological polar surface area (TPSA) is 12.9 Å². The van der Waals surface area contributed by atoms with Gasteiger partial charge in [0.1, 0.15) is 0 Å². The lowest BCUT2D eigenvalue weighted by atomic mass is 9.94. The number of fused-ring (bicyclic) bond motifs is 1. The Balaban J connectivity index is 1.77. The third kappa shape index (κ3) is 3.08. The lowest BCUT2D eigenvalue weighted by Gasteiger charge is -2.12. The lowest BCUT2D eigenvalue weighted by Crippen LogP contribution is -1.90. The summed E-state index contributed by atoms with van der Waals surface area (Å²) in [6.45, 7) is 0. The van der Waals surface area contributed by atoms with Crippen molar-refractivity contribution >= 4 is 10.9 Å². The zero-order valence-corrected chi connectivity index (χ0v) is 15.4. The summed E-state index contributed by atoms with van der Waals surface area (Å²) in [7, 11) is 0. The van der Waals surface area contributed by atoms with E-state index >= 15 is 0 Å². The first-order valence-electron chi connectivity index (χ1n) is 9.49. The maximum atomic E-state index is 5.02. The molecule has 0 saturated carbocycles. The molecule has 0 amide bonds. The molecular formula is C27H19N. The Morgan fingerprint density at radius 2 is 1.00 bits per heavy atom. The summed E-state index contributed by atoms with van der Waals surface area (Å²) in [5, 5.41) is 1.17. The van der Waals surface area contributed by atoms with E-state index in [0.717, 1.165) is 16.8 Å². The van der Waals surface area contributed by atoms with Gasteiger partial charge in [-0.2, -0.15) is 0 Å². The van der Waals surface area contributed by atoms with Crippen LogP contribution in [0.1, 0.15) is 0 Å². The van der Waals surface area contributed by atoms with E-state index in [2.05, 4.69) is 109 Å². The molecule has 0 aliphatic heterocycles. The van der Waals surface area contributed by atoms with Gasteiger partial charge in [0.05, 0.1) is 11.2 Å². The van der Waals surface area contributed by atoms with Crippen molar-refractivity contribution in [2.75, 3.05) is 0 Å². The summed E-state index contributed by atoms with van der Waals surface area (Å²) in [5.41, 5.74) is 7.96. The Morgan fingerprint density at radius 1 is 0.429 bits per heavy atom. The minimum Gasteiger partial charge on any atom is -0.248 e. The van der Waals surface area contributed by atoms with E-state index in [1.165, 1.54) is 27.6 Å². The fourth-order valence-corrected chi connectivity index (χ4v) is 3.66. The van der Waals surface area contributed by atoms with Crippen molar-refractivity contribution in [1.29, 1.82) is 0 Å². The minimum atomic E-state index is 0.998. The molecule has 1 aromatic heterocycles. The quantitative estimate of drug-likeness (QED) is 0.332. The fourth-order valence-electron chi connectivity index (χ4n) is 3.66. The highest BCUT2D eigenvalue weighted by atomic mass is 14.7. The Bertz CT molecular complexity index is 1220. The van der Waals surface area contributed by atoms with Gasteiger partial charge in [-0.05, 0) is 40.5 Å². The van der Waals surface area contributed by atoms with E-state index in [0.29, 0.717) is 0 Å². The molecule has 28 heavy (non-hydrogen) atoms. The number of hydrogen-bond acceptors (Lipinski definition) is 1. The van der Waals surface area contributed by atoms with E-state index in [9.17, 15) is 0 Å². The molecule has 0 unspecified atom stereocenters. The molecule has 0 saturated heterocycles. The van der Waals surface area contributed by atoms with Crippen molar-refractivity contribution in [1.82, 2.24) is 4.98 Å². The van der Waals surface area contributed by atoms with Crippen LogP contribution in [0.15, 0.2) is 115 Å². The molecule has 1 heteroatoms. The summed E-state index contributed by atoms with van der Waals surface area (Å²) >= 11 is 0. The molecule has 132 valence electrons. The van der Waals surface area contributed by atoms with Gasteiger partial charge < -0.3 is 0 Å². The van der Waals surface area contributed by atoms with Crippen LogP contribution in [0, 0.1) is 0 Å². The zero-order valence-electron chi connectivity index (χ0n) is 15.4. The lowest BCUT2D eigenvalue weighted by molar-refractivity contribution is 1.40. The normalized spacial score (nSPS) is 10.9. The highest BCUT2D eigenvalue weighted by molar-refractivity contribution is 5.99. The molecule has 0 fully saturated rings. The molecular weight excluding hydrogens is 338 g/mol. The minimum absolute atomic E-state index is 0.998. The van der Waals surface area contributed by atoms with Gasteiger partial charge in [-0.15, -0.1) is 0 Å². The van der Waals surface area contributed by atoms with E-state index in [4.69, 9.17) is 4.98 Å². The molecule has 0 bridgehead atoms. The molecule has 1 heterocycles. The highest BCUT2D eigenvalue weighted by Gasteiger charge is 2.10. The van der Waals surface area contributed by atoms with Crippen LogP contribution in [0.25, 0.3) is 44.4 Å². The van der Waals surface area contributed by atoms with Gasteiger partial charge in [0.15, 0.2) is 0 Å². The second kappa shape index (κ2) is 7.13. The molecule has 0 radical (unpaired) electrons. The maximum absolute atomic E-state index is 5.02. The van der Waals surface area contributed by atoms with Crippen molar-refractivity contribution in [3.63, 3.8) is 0 Å². The number of benzene rings is 4. The summed E-state index contributed by atoms with van der Waals surface area (Å²) < 4.78 is 0. The molecule has 5 rings (SSSR count). The van der Waals surface area contributed by atoms with E-state index in [1.54, 1.807) is 0 Å². The first-order chi connectivity index (χ1) is 13.9. The Kier molecular flexibility index (Phi) is 4.19. The monoisotopic (exact) mass is 357 g/mol. The molecule has 0 N–H and O–H groups in total. The number of nitrogens with zero attached hydrogens (tertiary/aromatic N) is 1. The standard InChI is InChI=1S/C27H19N/c1-4-10-20(11-5-1)23-18-25(21-12-6-2-7-13-21)24-16-17-26(28-27(24)19-23)22-14-8-3-9-15-22/h1-19H. The van der Waals surface area contributed by atoms with Crippen LogP contribution in [0.5, 0.6) is 0 Å². The van der Waals surface area contributed by atoms with Crippen molar-refractivity contribution in [3.8, 4) is 33.5 Å². The van der Waals surface area contributed by atoms with Crippen LogP contribution < -0.4 is 0 Å². The third-order valence-corrected chi connectivity index (χ3v) is 5.07. The van der Waals surface area contributed by atoms with Gasteiger partial charge in [-0.1, -0.05) is 97.1 Å². The van der Waals surface area contributed by atoms with E-state index < -0.39 is 0 Å². The predicted molar refractivity (Wildman–Crippen MR) is 118 cm³/mol. The predicted octanol–water partition coefficient (Wildman–Crippen LogP) is 7.24. The Morgan fingerprint density at radius 3 is 1.64 bits per heavy atom. The smallest absolute Gasteiger partial charge is 0.0721 e. The molecule has 0 atom stereocenters. The van der Waals surface area contributed by atoms with Gasteiger partial charge in [-0.25, -0.2) is 4.98 Å². The average Bonchev–Trinajstić information content (AvgIpc) is 2.79. The molecule has 0 spiro atoms. The van der Waals surface area contributed by atoms with Crippen molar-refractivity contribution in [3.05, 3.63) is 115 Å². The van der Waals surface area contributed by atoms with Crippen LogP contribution >= 0.6 is 0 Å². The van der Waals surface area contributed by atoms with Crippen LogP contribution in [0.4, 0.5) is 0 Å². The number of hydrogen-bond donors (Lipinski definition) is 0.